The van der Waals surface area contributed by atoms with Crippen molar-refractivity contribution in [2.75, 3.05) is 18.1 Å². The van der Waals surface area contributed by atoms with Crippen LogP contribution < -0.4 is 4.90 Å². The van der Waals surface area contributed by atoms with Crippen molar-refractivity contribution < 1.29 is 9.53 Å². The largest absolute Gasteiger partial charge is 0.448 e. The molecule has 0 atom stereocenters. The molecule has 116 valence electrons. The third-order valence-electron chi connectivity index (χ3n) is 3.54. The van der Waals surface area contributed by atoms with Crippen molar-refractivity contribution in [3.8, 4) is 11.8 Å². The van der Waals surface area contributed by atoms with E-state index < -0.39 is 0 Å². The van der Waals surface area contributed by atoms with Crippen molar-refractivity contribution in [2.45, 2.75) is 13.8 Å². The van der Waals surface area contributed by atoms with Crippen LogP contribution in [0.3, 0.4) is 0 Å². The fourth-order valence-electron chi connectivity index (χ4n) is 2.33. The molecule has 0 spiro atoms. The van der Waals surface area contributed by atoms with E-state index in [1.807, 2.05) is 36.4 Å². The normalized spacial score (nSPS) is 16.3. The first-order valence-electron chi connectivity index (χ1n) is 7.51. The second-order valence-corrected chi connectivity index (χ2v) is 6.33. The summed E-state index contributed by atoms with van der Waals surface area (Å²) in [6.45, 7) is 5.15. The smallest absolute Gasteiger partial charge is 0.415 e. The van der Waals surface area contributed by atoms with E-state index in [1.165, 1.54) is 0 Å². The highest BCUT2D eigenvalue weighted by molar-refractivity contribution is 5.87. The molecule has 0 radical (unpaired) electrons. The molecule has 1 amide bonds. The van der Waals surface area contributed by atoms with Gasteiger partial charge in [-0.1, -0.05) is 43.9 Å². The van der Waals surface area contributed by atoms with Crippen LogP contribution in [0.2, 0.25) is 0 Å². The van der Waals surface area contributed by atoms with Crippen LogP contribution in [0.5, 0.6) is 0 Å². The summed E-state index contributed by atoms with van der Waals surface area (Å²) in [5.41, 5.74) is 1.68. The Hall–Kier alpha value is -2.80. The zero-order valence-corrected chi connectivity index (χ0v) is 13.2. The van der Waals surface area contributed by atoms with E-state index >= 15 is 0 Å². The van der Waals surface area contributed by atoms with E-state index in [0.717, 1.165) is 11.1 Å². The maximum Gasteiger partial charge on any atom is 0.415 e. The Balaban J connectivity index is 1.77. The third-order valence-corrected chi connectivity index (χ3v) is 3.54. The lowest BCUT2D eigenvalue weighted by atomic mass is 9.93. The fourth-order valence-corrected chi connectivity index (χ4v) is 2.33. The molecule has 1 saturated heterocycles. The van der Waals surface area contributed by atoms with Crippen LogP contribution in [0, 0.1) is 17.3 Å². The van der Waals surface area contributed by atoms with Gasteiger partial charge in [0.1, 0.15) is 5.82 Å². The monoisotopic (exact) mass is 306 g/mol. The molecule has 4 heteroatoms. The Morgan fingerprint density at radius 2 is 1.83 bits per heavy atom. The Morgan fingerprint density at radius 1 is 1.09 bits per heavy atom. The van der Waals surface area contributed by atoms with E-state index in [1.54, 1.807) is 17.2 Å². The van der Waals surface area contributed by atoms with Gasteiger partial charge in [0.05, 0.1) is 6.61 Å². The Labute approximate surface area is 136 Å². The topological polar surface area (TPSA) is 42.4 Å². The number of cyclic esters (lactones) is 1. The molecule has 0 aliphatic carbocycles. The van der Waals surface area contributed by atoms with E-state index in [4.69, 9.17) is 4.74 Å². The highest BCUT2D eigenvalue weighted by Crippen LogP contribution is 2.26. The maximum absolute atomic E-state index is 11.9. The highest BCUT2D eigenvalue weighted by Gasteiger charge is 2.34. The van der Waals surface area contributed by atoms with Gasteiger partial charge in [-0.3, -0.25) is 4.90 Å². The molecule has 1 aliphatic rings. The van der Waals surface area contributed by atoms with Crippen LogP contribution in [0.4, 0.5) is 10.6 Å². The molecule has 1 aromatic carbocycles. The van der Waals surface area contributed by atoms with Crippen molar-refractivity contribution in [2.24, 2.45) is 5.41 Å². The number of hydrogen-bond donors (Lipinski definition) is 0. The lowest BCUT2D eigenvalue weighted by molar-refractivity contribution is 0.0819. The zero-order chi connectivity index (χ0) is 16.3. The van der Waals surface area contributed by atoms with Gasteiger partial charge in [-0.15, -0.1) is 0 Å². The molecule has 1 aromatic heterocycles. The van der Waals surface area contributed by atoms with Crippen LogP contribution in [-0.4, -0.2) is 24.2 Å². The number of carbonyl (C=O) groups is 1. The lowest BCUT2D eigenvalue weighted by Gasteiger charge is -2.36. The Morgan fingerprint density at radius 3 is 2.52 bits per heavy atom. The van der Waals surface area contributed by atoms with Crippen molar-refractivity contribution in [3.05, 3.63) is 59.8 Å². The number of rotatable bonds is 1. The van der Waals surface area contributed by atoms with Gasteiger partial charge < -0.3 is 4.74 Å². The highest BCUT2D eigenvalue weighted by atomic mass is 16.6. The molecule has 3 rings (SSSR count). The average Bonchev–Trinajstić information content (AvgIpc) is 2.57. The number of anilines is 1. The van der Waals surface area contributed by atoms with Crippen LogP contribution in [0.25, 0.3) is 0 Å². The number of pyridine rings is 1. The SMILES string of the molecule is CC1(C)COC(=O)N(c2ccc(C#Cc3ccccc3)cn2)C1. The molecule has 0 bridgehead atoms. The predicted octanol–water partition coefficient (Wildman–Crippen LogP) is 3.46. The van der Waals surface area contributed by atoms with Gasteiger partial charge in [0, 0.05) is 29.3 Å². The zero-order valence-electron chi connectivity index (χ0n) is 13.2. The minimum Gasteiger partial charge on any atom is -0.448 e. The van der Waals surface area contributed by atoms with Gasteiger partial charge in [-0.2, -0.15) is 0 Å². The summed E-state index contributed by atoms with van der Waals surface area (Å²) in [6.07, 6.45) is 1.33. The van der Waals surface area contributed by atoms with Gasteiger partial charge in [0.25, 0.3) is 0 Å². The maximum atomic E-state index is 11.9. The first kappa shape index (κ1) is 15.1. The number of hydrogen-bond acceptors (Lipinski definition) is 3. The van der Waals surface area contributed by atoms with Gasteiger partial charge in [0.15, 0.2) is 0 Å². The number of aromatic nitrogens is 1. The molecular weight excluding hydrogens is 288 g/mol. The van der Waals surface area contributed by atoms with Crippen molar-refractivity contribution in [1.82, 2.24) is 4.98 Å². The molecular formula is C19H18N2O2. The molecule has 1 fully saturated rings. The summed E-state index contributed by atoms with van der Waals surface area (Å²) in [7, 11) is 0. The van der Waals surface area contributed by atoms with Gasteiger partial charge >= 0.3 is 6.09 Å². The summed E-state index contributed by atoms with van der Waals surface area (Å²) in [4.78, 5) is 17.8. The second-order valence-electron chi connectivity index (χ2n) is 6.33. The Bertz CT molecular complexity index is 755. The van der Waals surface area contributed by atoms with Gasteiger partial charge in [-0.05, 0) is 24.3 Å². The molecule has 2 aromatic rings. The first-order valence-corrected chi connectivity index (χ1v) is 7.51. The van der Waals surface area contributed by atoms with Crippen molar-refractivity contribution in [3.63, 3.8) is 0 Å². The summed E-state index contributed by atoms with van der Waals surface area (Å²) in [6, 6.07) is 13.5. The third kappa shape index (κ3) is 3.70. The van der Waals surface area contributed by atoms with Crippen molar-refractivity contribution in [1.29, 1.82) is 0 Å². The van der Waals surface area contributed by atoms with Gasteiger partial charge in [-0.25, -0.2) is 9.78 Å². The summed E-state index contributed by atoms with van der Waals surface area (Å²) in [5, 5.41) is 0. The molecule has 1 aliphatic heterocycles. The van der Waals surface area contributed by atoms with Crippen molar-refractivity contribution >= 4 is 11.9 Å². The number of benzene rings is 1. The summed E-state index contributed by atoms with van der Waals surface area (Å²) in [5.74, 6) is 6.75. The summed E-state index contributed by atoms with van der Waals surface area (Å²) < 4.78 is 5.21. The lowest BCUT2D eigenvalue weighted by Crippen LogP contribution is -2.47. The van der Waals surface area contributed by atoms with E-state index in [9.17, 15) is 4.79 Å². The first-order chi connectivity index (χ1) is 11.0. The molecule has 23 heavy (non-hydrogen) atoms. The number of amides is 1. The van der Waals surface area contributed by atoms with E-state index in [-0.39, 0.29) is 11.5 Å². The molecule has 0 saturated carbocycles. The number of nitrogens with zero attached hydrogens (tertiary/aromatic N) is 2. The van der Waals surface area contributed by atoms with Crippen LogP contribution in [0.1, 0.15) is 25.0 Å². The average molecular weight is 306 g/mol. The van der Waals surface area contributed by atoms with Gasteiger partial charge in [0.2, 0.25) is 0 Å². The number of ether oxygens (including phenoxy) is 1. The van der Waals surface area contributed by atoms with Crippen LogP contribution in [0.15, 0.2) is 48.7 Å². The molecule has 2 heterocycles. The molecule has 0 N–H and O–H groups in total. The second kappa shape index (κ2) is 6.13. The standard InChI is InChI=1S/C19H18N2O2/c1-19(2)13-21(18(22)23-14-19)17-11-10-16(12-20-17)9-8-15-6-4-3-5-7-15/h3-7,10-12H,13-14H2,1-2H3. The molecule has 4 nitrogen and oxygen atoms in total. The van der Waals surface area contributed by atoms with Crippen LogP contribution >= 0.6 is 0 Å². The van der Waals surface area contributed by atoms with E-state index in [0.29, 0.717) is 19.0 Å². The minimum absolute atomic E-state index is 0.0820. The van der Waals surface area contributed by atoms with E-state index in [2.05, 4.69) is 30.7 Å². The van der Waals surface area contributed by atoms with Crippen LogP contribution in [-0.2, 0) is 4.74 Å². The summed E-state index contributed by atoms with van der Waals surface area (Å²) >= 11 is 0. The molecule has 0 unspecified atom stereocenters. The number of carbonyl (C=O) groups excluding carboxylic acids is 1. The quantitative estimate of drug-likeness (QED) is 0.758. The Kier molecular flexibility index (Phi) is 4.03. The minimum atomic E-state index is -0.347. The fraction of sp³-hybridized carbons (Fsp3) is 0.263. The predicted molar refractivity (Wildman–Crippen MR) is 89.1 cm³/mol.